The molecule has 2 rings (SSSR count). The smallest absolute Gasteiger partial charge is 0.326 e. The van der Waals surface area contributed by atoms with Crippen LogP contribution in [0.1, 0.15) is 0 Å². The second-order valence-corrected chi connectivity index (χ2v) is 3.24. The van der Waals surface area contributed by atoms with Gasteiger partial charge in [0.2, 0.25) is 5.88 Å². The number of fused-ring (bicyclic) bond motifs is 1. The van der Waals surface area contributed by atoms with Crippen molar-refractivity contribution < 1.29 is 9.13 Å². The van der Waals surface area contributed by atoms with Gasteiger partial charge in [-0.2, -0.15) is 4.98 Å². The Labute approximate surface area is 92.0 Å². The van der Waals surface area contributed by atoms with Gasteiger partial charge in [0.15, 0.2) is 11.0 Å². The lowest BCUT2D eigenvalue weighted by atomic mass is 10.3. The molecule has 0 saturated carbocycles. The fourth-order valence-corrected chi connectivity index (χ4v) is 1.47. The third kappa shape index (κ3) is 1.45. The minimum Gasteiger partial charge on any atom is -0.480 e. The third-order valence-electron chi connectivity index (χ3n) is 1.95. The lowest BCUT2D eigenvalue weighted by Gasteiger charge is -2.04. The zero-order valence-electron chi connectivity index (χ0n) is 7.93. The Balaban J connectivity index is 3.11. The van der Waals surface area contributed by atoms with Gasteiger partial charge < -0.3 is 9.72 Å². The number of nitrogens with one attached hydrogen (secondary N) is 2. The number of ether oxygens (including phenoxy) is 1. The topological polar surface area (TPSA) is 87.8 Å². The molecule has 0 spiro atoms. The van der Waals surface area contributed by atoms with Gasteiger partial charge in [0.1, 0.15) is 10.9 Å². The van der Waals surface area contributed by atoms with E-state index in [4.69, 9.17) is 16.3 Å². The summed E-state index contributed by atoms with van der Waals surface area (Å²) in [5, 5.41) is -0.672. The molecule has 0 aromatic carbocycles. The number of methoxy groups -OCH3 is 1. The molecule has 0 amide bonds. The number of H-pyrrole nitrogens is 2. The van der Waals surface area contributed by atoms with Crippen LogP contribution in [0.5, 0.6) is 5.88 Å². The molecule has 0 saturated heterocycles. The second-order valence-electron chi connectivity index (χ2n) is 2.88. The van der Waals surface area contributed by atoms with Crippen LogP contribution in [0.4, 0.5) is 4.39 Å². The predicted octanol–water partition coefficient (Wildman–Crippen LogP) is 0.412. The van der Waals surface area contributed by atoms with Crippen LogP contribution in [0.25, 0.3) is 10.9 Å². The van der Waals surface area contributed by atoms with E-state index in [9.17, 15) is 14.0 Å². The molecule has 0 aliphatic carbocycles. The summed E-state index contributed by atoms with van der Waals surface area (Å²) >= 11 is 5.48. The van der Waals surface area contributed by atoms with E-state index in [-0.39, 0.29) is 16.8 Å². The maximum atomic E-state index is 13.5. The van der Waals surface area contributed by atoms with Crippen molar-refractivity contribution in [3.8, 4) is 5.88 Å². The average molecular weight is 246 g/mol. The highest BCUT2D eigenvalue weighted by atomic mass is 35.5. The van der Waals surface area contributed by atoms with Crippen LogP contribution >= 0.6 is 11.6 Å². The Bertz CT molecular complexity index is 679. The van der Waals surface area contributed by atoms with Crippen molar-refractivity contribution >= 4 is 22.5 Å². The van der Waals surface area contributed by atoms with Crippen molar-refractivity contribution in [1.29, 1.82) is 0 Å². The maximum absolute atomic E-state index is 13.5. The molecule has 2 heterocycles. The van der Waals surface area contributed by atoms with Gasteiger partial charge in [0, 0.05) is 0 Å². The van der Waals surface area contributed by atoms with Crippen molar-refractivity contribution in [1.82, 2.24) is 15.0 Å². The first-order valence-electron chi connectivity index (χ1n) is 4.10. The van der Waals surface area contributed by atoms with Gasteiger partial charge in [-0.25, -0.2) is 9.18 Å². The number of hydrogen-bond donors (Lipinski definition) is 2. The molecule has 2 aromatic heterocycles. The summed E-state index contributed by atoms with van der Waals surface area (Å²) in [5.74, 6) is -1.13. The fourth-order valence-electron chi connectivity index (χ4n) is 1.30. The Hall–Kier alpha value is -1.89. The van der Waals surface area contributed by atoms with Gasteiger partial charge in [0.25, 0.3) is 5.56 Å². The van der Waals surface area contributed by atoms with Crippen LogP contribution in [-0.4, -0.2) is 22.1 Å². The number of aromatic amines is 2. The minimum absolute atomic E-state index is 0.154. The summed E-state index contributed by atoms with van der Waals surface area (Å²) in [6.45, 7) is 0. The van der Waals surface area contributed by atoms with Gasteiger partial charge >= 0.3 is 5.69 Å². The summed E-state index contributed by atoms with van der Waals surface area (Å²) in [6.07, 6.45) is 0. The standard InChI is InChI=1S/C8H5ClFN3O3/c1-16-7-2-4(3(10)5(9)12-7)11-8(15)13-6(2)14/h1H3,(H2,11,13,14,15). The maximum Gasteiger partial charge on any atom is 0.326 e. The van der Waals surface area contributed by atoms with Gasteiger partial charge in [-0.05, 0) is 0 Å². The van der Waals surface area contributed by atoms with Crippen molar-refractivity contribution in [2.24, 2.45) is 0 Å². The van der Waals surface area contributed by atoms with E-state index in [1.165, 1.54) is 7.11 Å². The molecular formula is C8H5ClFN3O3. The van der Waals surface area contributed by atoms with Gasteiger partial charge in [-0.1, -0.05) is 11.6 Å². The Kier molecular flexibility index (Phi) is 2.39. The minimum atomic E-state index is -0.972. The largest absolute Gasteiger partial charge is 0.480 e. The van der Waals surface area contributed by atoms with Crippen LogP contribution in [0, 0.1) is 5.82 Å². The van der Waals surface area contributed by atoms with Gasteiger partial charge in [-0.3, -0.25) is 9.78 Å². The van der Waals surface area contributed by atoms with E-state index in [1.54, 1.807) is 0 Å². The highest BCUT2D eigenvalue weighted by molar-refractivity contribution is 6.30. The van der Waals surface area contributed by atoms with Crippen LogP contribution < -0.4 is 16.0 Å². The van der Waals surface area contributed by atoms with E-state index in [2.05, 4.69) is 9.97 Å². The molecule has 16 heavy (non-hydrogen) atoms. The third-order valence-corrected chi connectivity index (χ3v) is 2.20. The van der Waals surface area contributed by atoms with E-state index in [0.717, 1.165) is 0 Å². The molecule has 0 unspecified atom stereocenters. The lowest BCUT2D eigenvalue weighted by molar-refractivity contribution is 0.401. The summed E-state index contributed by atoms with van der Waals surface area (Å²) in [5.41, 5.74) is -1.95. The van der Waals surface area contributed by atoms with Crippen molar-refractivity contribution in [3.63, 3.8) is 0 Å². The number of aromatic nitrogens is 3. The number of rotatable bonds is 1. The molecule has 8 heteroatoms. The molecule has 0 atom stereocenters. The van der Waals surface area contributed by atoms with Crippen molar-refractivity contribution in [2.45, 2.75) is 0 Å². The highest BCUT2D eigenvalue weighted by Gasteiger charge is 2.16. The highest BCUT2D eigenvalue weighted by Crippen LogP contribution is 2.24. The summed E-state index contributed by atoms with van der Waals surface area (Å²) < 4.78 is 18.3. The lowest BCUT2D eigenvalue weighted by Crippen LogP contribution is -2.23. The molecule has 2 aromatic rings. The van der Waals surface area contributed by atoms with Crippen LogP contribution in [0.3, 0.4) is 0 Å². The Morgan fingerprint density at radius 3 is 2.69 bits per heavy atom. The van der Waals surface area contributed by atoms with E-state index in [1.807, 2.05) is 4.98 Å². The van der Waals surface area contributed by atoms with Crippen LogP contribution in [-0.2, 0) is 0 Å². The average Bonchev–Trinajstić information content (AvgIpc) is 2.23. The number of nitrogens with zero attached hydrogens (tertiary/aromatic N) is 1. The SMILES string of the molecule is COc1nc(Cl)c(F)c2[nH]c(=O)[nH]c(=O)c12. The molecule has 0 radical (unpaired) electrons. The normalized spacial score (nSPS) is 10.7. The summed E-state index contributed by atoms with van der Waals surface area (Å²) in [6, 6.07) is 0. The summed E-state index contributed by atoms with van der Waals surface area (Å²) in [4.78, 5) is 30.0. The van der Waals surface area contributed by atoms with Gasteiger partial charge in [-0.15, -0.1) is 0 Å². The van der Waals surface area contributed by atoms with E-state index in [0.29, 0.717) is 0 Å². The number of halogens is 2. The first kappa shape index (κ1) is 10.6. The summed E-state index contributed by atoms with van der Waals surface area (Å²) in [7, 11) is 1.25. The molecule has 0 fully saturated rings. The van der Waals surface area contributed by atoms with Crippen LogP contribution in [0.2, 0.25) is 5.15 Å². The van der Waals surface area contributed by atoms with E-state index < -0.39 is 22.2 Å². The molecule has 6 nitrogen and oxygen atoms in total. The monoisotopic (exact) mass is 245 g/mol. The zero-order valence-corrected chi connectivity index (χ0v) is 8.68. The van der Waals surface area contributed by atoms with Crippen molar-refractivity contribution in [3.05, 3.63) is 31.8 Å². The quantitative estimate of drug-likeness (QED) is 0.713. The van der Waals surface area contributed by atoms with Gasteiger partial charge in [0.05, 0.1) is 7.11 Å². The van der Waals surface area contributed by atoms with Crippen molar-refractivity contribution in [2.75, 3.05) is 7.11 Å². The first-order valence-corrected chi connectivity index (χ1v) is 4.47. The van der Waals surface area contributed by atoms with E-state index >= 15 is 0 Å². The number of hydrogen-bond acceptors (Lipinski definition) is 4. The molecule has 0 aliphatic rings. The molecular weight excluding hydrogens is 241 g/mol. The molecule has 84 valence electrons. The Morgan fingerprint density at radius 1 is 1.38 bits per heavy atom. The Morgan fingerprint density at radius 2 is 2.06 bits per heavy atom. The fraction of sp³-hybridized carbons (Fsp3) is 0.125. The zero-order chi connectivity index (χ0) is 11.9. The number of pyridine rings is 1. The molecule has 2 N–H and O–H groups in total. The molecule has 0 bridgehead atoms. The first-order chi connectivity index (χ1) is 7.54. The second kappa shape index (κ2) is 3.60. The predicted molar refractivity (Wildman–Crippen MR) is 54.5 cm³/mol. The van der Waals surface area contributed by atoms with Crippen LogP contribution in [0.15, 0.2) is 9.59 Å². The molecule has 0 aliphatic heterocycles.